The number of nitrogens with one attached hydrogen (secondary N) is 1. The number of carbonyl (C=O) groups is 2. The molecule has 1 atom stereocenters. The third-order valence-electron chi connectivity index (χ3n) is 4.15. The van der Waals surface area contributed by atoms with Crippen molar-refractivity contribution < 1.29 is 23.1 Å². The highest BCUT2D eigenvalue weighted by molar-refractivity contribution is 7.90. The van der Waals surface area contributed by atoms with Crippen LogP contribution in [0.2, 0.25) is 10.0 Å². The maximum Gasteiger partial charge on any atom is 0.261 e. The van der Waals surface area contributed by atoms with Crippen LogP contribution < -0.4 is 5.32 Å². The molecule has 0 aliphatic carbocycles. The summed E-state index contributed by atoms with van der Waals surface area (Å²) >= 11 is 12.1. The first-order chi connectivity index (χ1) is 12.0. The lowest BCUT2D eigenvalue weighted by Gasteiger charge is -2.21. The van der Waals surface area contributed by atoms with Crippen molar-refractivity contribution in [1.29, 1.82) is 0 Å². The molecule has 2 N–H and O–H groups in total. The van der Waals surface area contributed by atoms with Crippen molar-refractivity contribution in [2.45, 2.75) is 16.9 Å². The van der Waals surface area contributed by atoms with Crippen LogP contribution in [-0.2, 0) is 20.2 Å². The van der Waals surface area contributed by atoms with E-state index in [1.807, 2.05) is 0 Å². The Morgan fingerprint density at radius 1 is 1.12 bits per heavy atom. The average Bonchev–Trinajstić information content (AvgIpc) is 2.83. The van der Waals surface area contributed by atoms with Gasteiger partial charge in [-0.2, -0.15) is 0 Å². The van der Waals surface area contributed by atoms with Crippen LogP contribution in [0.5, 0.6) is 0 Å². The van der Waals surface area contributed by atoms with Crippen molar-refractivity contribution in [2.24, 2.45) is 0 Å². The second-order valence-corrected chi connectivity index (χ2v) is 8.82. The van der Waals surface area contributed by atoms with Gasteiger partial charge in [0, 0.05) is 22.4 Å². The van der Waals surface area contributed by atoms with Crippen molar-refractivity contribution in [3.8, 4) is 0 Å². The Morgan fingerprint density at radius 3 is 2.27 bits per heavy atom. The van der Waals surface area contributed by atoms with E-state index in [-0.39, 0.29) is 31.8 Å². The molecule has 0 fully saturated rings. The molecule has 3 rings (SSSR count). The Labute approximate surface area is 159 Å². The molecule has 0 spiro atoms. The van der Waals surface area contributed by atoms with E-state index < -0.39 is 33.5 Å². The molecular formula is C17H13Cl2NO5S. The van der Waals surface area contributed by atoms with Crippen LogP contribution in [0.15, 0.2) is 41.3 Å². The van der Waals surface area contributed by atoms with Gasteiger partial charge in [0.2, 0.25) is 0 Å². The van der Waals surface area contributed by atoms with Gasteiger partial charge in [-0.25, -0.2) is 8.42 Å². The summed E-state index contributed by atoms with van der Waals surface area (Å²) in [6.07, 6.45) is 0.488. The molecule has 0 aromatic heterocycles. The van der Waals surface area contributed by atoms with Crippen LogP contribution in [0.3, 0.4) is 0 Å². The van der Waals surface area contributed by atoms with Crippen LogP contribution in [0.25, 0.3) is 0 Å². The highest BCUT2D eigenvalue weighted by Gasteiger charge is 2.49. The van der Waals surface area contributed by atoms with Gasteiger partial charge in [0.1, 0.15) is 0 Å². The van der Waals surface area contributed by atoms with Gasteiger partial charge in [-0.1, -0.05) is 35.3 Å². The van der Waals surface area contributed by atoms with E-state index >= 15 is 0 Å². The van der Waals surface area contributed by atoms with E-state index in [1.165, 1.54) is 36.4 Å². The summed E-state index contributed by atoms with van der Waals surface area (Å²) in [6.45, 7) is 0. The summed E-state index contributed by atoms with van der Waals surface area (Å²) < 4.78 is 23.0. The van der Waals surface area contributed by atoms with E-state index in [9.17, 15) is 23.1 Å². The molecule has 0 saturated heterocycles. The van der Waals surface area contributed by atoms with Gasteiger partial charge >= 0.3 is 0 Å². The molecule has 0 bridgehead atoms. The molecule has 0 saturated carbocycles. The highest BCUT2D eigenvalue weighted by Crippen LogP contribution is 2.46. The Balaban J connectivity index is 1.95. The predicted octanol–water partition coefficient (Wildman–Crippen LogP) is 2.81. The lowest BCUT2D eigenvalue weighted by Crippen LogP contribution is -2.36. The van der Waals surface area contributed by atoms with Gasteiger partial charge in [0.15, 0.2) is 21.2 Å². The molecule has 9 heteroatoms. The molecule has 26 heavy (non-hydrogen) atoms. The fourth-order valence-corrected chi connectivity index (χ4v) is 3.95. The van der Waals surface area contributed by atoms with Gasteiger partial charge < -0.3 is 10.4 Å². The van der Waals surface area contributed by atoms with Crippen molar-refractivity contribution in [3.05, 3.63) is 57.6 Å². The number of fused-ring (bicyclic) bond motifs is 1. The second-order valence-electron chi connectivity index (χ2n) is 5.99. The molecule has 2 aromatic rings. The first-order valence-electron chi connectivity index (χ1n) is 7.39. The topological polar surface area (TPSA) is 101 Å². The Bertz CT molecular complexity index is 1030. The van der Waals surface area contributed by atoms with Crippen molar-refractivity contribution in [1.82, 2.24) is 0 Å². The van der Waals surface area contributed by atoms with Gasteiger partial charge in [-0.15, -0.1) is 0 Å². The minimum absolute atomic E-state index is 0.0535. The molecule has 6 nitrogen and oxygen atoms in total. The second kappa shape index (κ2) is 6.35. The SMILES string of the molecule is CS(=O)(=O)c1ccc(C(=O)C[C@]2(O)C(=O)Nc3c(Cl)ccc(Cl)c32)cc1. The lowest BCUT2D eigenvalue weighted by atomic mass is 9.88. The average molecular weight is 414 g/mol. The third kappa shape index (κ3) is 3.12. The molecule has 1 amide bonds. The summed E-state index contributed by atoms with van der Waals surface area (Å²) in [6, 6.07) is 8.14. The maximum atomic E-state index is 12.6. The molecule has 0 unspecified atom stereocenters. The van der Waals surface area contributed by atoms with Crippen molar-refractivity contribution in [2.75, 3.05) is 11.6 Å². The number of anilines is 1. The summed E-state index contributed by atoms with van der Waals surface area (Å²) in [5.41, 5.74) is -1.78. The number of sulfone groups is 1. The van der Waals surface area contributed by atoms with Crippen LogP contribution in [0, 0.1) is 0 Å². The van der Waals surface area contributed by atoms with E-state index in [0.717, 1.165) is 6.26 Å². The predicted molar refractivity (Wildman–Crippen MR) is 97.5 cm³/mol. The monoisotopic (exact) mass is 413 g/mol. The molecule has 1 heterocycles. The van der Waals surface area contributed by atoms with Crippen LogP contribution >= 0.6 is 23.2 Å². The van der Waals surface area contributed by atoms with Gasteiger partial charge in [0.25, 0.3) is 5.91 Å². The summed E-state index contributed by atoms with van der Waals surface area (Å²) in [4.78, 5) is 24.9. The van der Waals surface area contributed by atoms with E-state index in [0.29, 0.717) is 0 Å². The summed E-state index contributed by atoms with van der Waals surface area (Å²) in [7, 11) is -3.40. The van der Waals surface area contributed by atoms with Crippen LogP contribution in [0.4, 0.5) is 5.69 Å². The van der Waals surface area contributed by atoms with Gasteiger partial charge in [0.05, 0.1) is 22.0 Å². The zero-order valence-corrected chi connectivity index (χ0v) is 15.7. The molecule has 1 aliphatic heterocycles. The lowest BCUT2D eigenvalue weighted by molar-refractivity contribution is -0.133. The molecule has 1 aliphatic rings. The normalized spacial score (nSPS) is 19.2. The van der Waals surface area contributed by atoms with Crippen molar-refractivity contribution >= 4 is 50.4 Å². The summed E-state index contributed by atoms with van der Waals surface area (Å²) in [5.74, 6) is -1.35. The zero-order valence-electron chi connectivity index (χ0n) is 13.4. The quantitative estimate of drug-likeness (QED) is 0.750. The number of ketones is 1. The molecule has 0 radical (unpaired) electrons. The minimum atomic E-state index is -3.40. The minimum Gasteiger partial charge on any atom is -0.375 e. The number of halogens is 2. The molecular weight excluding hydrogens is 401 g/mol. The molecule has 136 valence electrons. The van der Waals surface area contributed by atoms with E-state index in [4.69, 9.17) is 23.2 Å². The van der Waals surface area contributed by atoms with Gasteiger partial charge in [-0.3, -0.25) is 9.59 Å². The fourth-order valence-electron chi connectivity index (χ4n) is 2.80. The number of carbonyl (C=O) groups excluding carboxylic acids is 2. The largest absolute Gasteiger partial charge is 0.375 e. The number of aliphatic hydroxyl groups is 1. The summed E-state index contributed by atoms with van der Waals surface area (Å²) in [5, 5.41) is 13.6. The number of hydrogen-bond donors (Lipinski definition) is 2. The van der Waals surface area contributed by atoms with Crippen molar-refractivity contribution in [3.63, 3.8) is 0 Å². The Hall–Kier alpha value is -1.93. The smallest absolute Gasteiger partial charge is 0.261 e. The highest BCUT2D eigenvalue weighted by atomic mass is 35.5. The van der Waals surface area contributed by atoms with Crippen LogP contribution in [0.1, 0.15) is 22.3 Å². The first-order valence-corrected chi connectivity index (χ1v) is 10.0. The molecule has 2 aromatic carbocycles. The third-order valence-corrected chi connectivity index (χ3v) is 5.91. The van der Waals surface area contributed by atoms with E-state index in [2.05, 4.69) is 5.32 Å². The number of rotatable bonds is 4. The number of amides is 1. The fraction of sp³-hybridized carbons (Fsp3) is 0.176. The first kappa shape index (κ1) is 18.8. The maximum absolute atomic E-state index is 12.6. The standard InChI is InChI=1S/C17H13Cl2NO5S/c1-26(24,25)10-4-2-9(3-5-10)13(21)8-17(23)14-11(18)6-7-12(19)15(14)20-16(17)22/h2-7,23H,8H2,1H3,(H,20,22)/t17-/m1/s1. The van der Waals surface area contributed by atoms with E-state index in [1.54, 1.807) is 0 Å². The van der Waals surface area contributed by atoms with Gasteiger partial charge in [-0.05, 0) is 24.3 Å². The number of hydrogen-bond acceptors (Lipinski definition) is 5. The number of benzene rings is 2. The Kier molecular flexibility index (Phi) is 4.60. The zero-order chi connectivity index (χ0) is 19.3. The Morgan fingerprint density at radius 2 is 1.69 bits per heavy atom. The van der Waals surface area contributed by atoms with Crippen LogP contribution in [-0.4, -0.2) is 31.5 Å². The number of Topliss-reactive ketones (excluding diaryl/α,β-unsaturated/α-hetero) is 1.